The lowest BCUT2D eigenvalue weighted by Gasteiger charge is -2.26. The summed E-state index contributed by atoms with van der Waals surface area (Å²) in [6.45, 7) is -0.526. The van der Waals surface area contributed by atoms with E-state index in [1.807, 2.05) is 0 Å². The molecule has 7 nitrogen and oxygen atoms in total. The lowest BCUT2D eigenvalue weighted by molar-refractivity contribution is -0.139. The number of carbonyl (C=O) groups excluding carboxylic acids is 2. The molecule has 0 aromatic heterocycles. The Morgan fingerprint density at radius 1 is 0.941 bits per heavy atom. The maximum Gasteiger partial charge on any atom is 0.341 e. The van der Waals surface area contributed by atoms with Crippen molar-refractivity contribution >= 4 is 52.3 Å². The molecule has 1 unspecified atom stereocenters. The highest BCUT2D eigenvalue weighted by Crippen LogP contribution is 2.44. The van der Waals surface area contributed by atoms with Gasteiger partial charge < -0.3 is 14.9 Å². The van der Waals surface area contributed by atoms with Gasteiger partial charge in [0.1, 0.15) is 11.5 Å². The Labute approximate surface area is 204 Å². The zero-order valence-electron chi connectivity index (χ0n) is 17.4. The van der Waals surface area contributed by atoms with Gasteiger partial charge in [-0.1, -0.05) is 59.6 Å². The van der Waals surface area contributed by atoms with Crippen molar-refractivity contribution in [1.82, 2.24) is 0 Å². The van der Waals surface area contributed by atoms with Crippen LogP contribution in [0.2, 0.25) is 10.0 Å². The fraction of sp³-hybridized carbons (Fsp3) is 0.0800. The molecule has 0 aliphatic carbocycles. The molecule has 9 heteroatoms. The lowest BCUT2D eigenvalue weighted by Crippen LogP contribution is -2.29. The highest BCUT2D eigenvalue weighted by atomic mass is 35.5. The average Bonchev–Trinajstić information content (AvgIpc) is 3.08. The van der Waals surface area contributed by atoms with Crippen LogP contribution in [0.25, 0.3) is 5.76 Å². The van der Waals surface area contributed by atoms with Gasteiger partial charge in [-0.2, -0.15) is 0 Å². The van der Waals surface area contributed by atoms with Gasteiger partial charge in [0.2, 0.25) is 0 Å². The van der Waals surface area contributed by atoms with E-state index < -0.39 is 30.3 Å². The van der Waals surface area contributed by atoms with Gasteiger partial charge in [0.05, 0.1) is 11.6 Å². The molecule has 0 bridgehead atoms. The molecule has 2 N–H and O–H groups in total. The molecule has 1 aliphatic heterocycles. The monoisotopic (exact) mass is 497 g/mol. The summed E-state index contributed by atoms with van der Waals surface area (Å²) >= 11 is 12.5. The van der Waals surface area contributed by atoms with Crippen molar-refractivity contribution in [3.05, 3.63) is 99.5 Å². The predicted molar refractivity (Wildman–Crippen MR) is 127 cm³/mol. The van der Waals surface area contributed by atoms with Gasteiger partial charge in [-0.05, 0) is 42.0 Å². The maximum absolute atomic E-state index is 13.2. The van der Waals surface area contributed by atoms with Gasteiger partial charge in [-0.3, -0.25) is 14.5 Å². The summed E-state index contributed by atoms with van der Waals surface area (Å²) in [6, 6.07) is 18.0. The lowest BCUT2D eigenvalue weighted by atomic mass is 9.95. The van der Waals surface area contributed by atoms with Crippen LogP contribution in [0.15, 0.2) is 78.4 Å². The van der Waals surface area contributed by atoms with E-state index in [0.29, 0.717) is 21.8 Å². The van der Waals surface area contributed by atoms with Gasteiger partial charge in [-0.25, -0.2) is 4.79 Å². The molecule has 0 spiro atoms. The van der Waals surface area contributed by atoms with E-state index in [9.17, 15) is 19.5 Å². The molecule has 1 atom stereocenters. The molecule has 3 aromatic carbocycles. The Balaban J connectivity index is 1.86. The molecule has 1 saturated heterocycles. The zero-order chi connectivity index (χ0) is 24.4. The maximum atomic E-state index is 13.2. The smallest absolute Gasteiger partial charge is 0.341 e. The molecule has 0 radical (unpaired) electrons. The molecule has 1 amide bonds. The van der Waals surface area contributed by atoms with Crippen LogP contribution in [0.3, 0.4) is 0 Å². The molecule has 34 heavy (non-hydrogen) atoms. The van der Waals surface area contributed by atoms with Crippen LogP contribution in [-0.4, -0.2) is 34.5 Å². The summed E-state index contributed by atoms with van der Waals surface area (Å²) < 4.78 is 5.14. The number of amides is 1. The minimum atomic E-state index is -1.13. The fourth-order valence-electron chi connectivity index (χ4n) is 3.72. The molecule has 172 valence electrons. The summed E-state index contributed by atoms with van der Waals surface area (Å²) in [4.78, 5) is 38.3. The number of nitrogens with zero attached hydrogens (tertiary/aromatic N) is 1. The van der Waals surface area contributed by atoms with Crippen molar-refractivity contribution < 1.29 is 29.3 Å². The van der Waals surface area contributed by atoms with Crippen molar-refractivity contribution in [2.24, 2.45) is 0 Å². The van der Waals surface area contributed by atoms with Crippen molar-refractivity contribution in [3.8, 4) is 5.75 Å². The number of carbonyl (C=O) groups is 3. The summed E-state index contributed by atoms with van der Waals surface area (Å²) in [7, 11) is 0. The number of aliphatic hydroxyl groups is 1. The number of carboxylic acids is 1. The average molecular weight is 498 g/mol. The van der Waals surface area contributed by atoms with Crippen molar-refractivity contribution in [1.29, 1.82) is 0 Å². The predicted octanol–water partition coefficient (Wildman–Crippen LogP) is 5.08. The number of carboxylic acid groups (broad SMARTS) is 1. The molecule has 1 aliphatic rings. The van der Waals surface area contributed by atoms with E-state index in [-0.39, 0.29) is 22.1 Å². The number of benzene rings is 3. The molecule has 1 heterocycles. The van der Waals surface area contributed by atoms with Crippen LogP contribution in [0.1, 0.15) is 17.2 Å². The van der Waals surface area contributed by atoms with Crippen LogP contribution >= 0.6 is 23.2 Å². The zero-order valence-corrected chi connectivity index (χ0v) is 19.0. The molecule has 0 saturated carbocycles. The Hall–Kier alpha value is -3.81. The van der Waals surface area contributed by atoms with Gasteiger partial charge in [0.15, 0.2) is 6.61 Å². The SMILES string of the molecule is O=C(O)COc1ccc(N2C(=O)C(=O)/C(=C(\O)c3ccccc3)C2c2ccc(Cl)cc2Cl)cc1. The third-order valence-electron chi connectivity index (χ3n) is 5.23. The molecule has 3 aromatic rings. The van der Waals surface area contributed by atoms with E-state index in [1.54, 1.807) is 42.5 Å². The largest absolute Gasteiger partial charge is 0.507 e. The first kappa shape index (κ1) is 23.4. The van der Waals surface area contributed by atoms with Gasteiger partial charge in [0, 0.05) is 21.3 Å². The van der Waals surface area contributed by atoms with E-state index >= 15 is 0 Å². The summed E-state index contributed by atoms with van der Waals surface area (Å²) in [5.74, 6) is -2.92. The molecule has 4 rings (SSSR count). The summed E-state index contributed by atoms with van der Waals surface area (Å²) in [6.07, 6.45) is 0. The highest BCUT2D eigenvalue weighted by molar-refractivity contribution is 6.52. The standard InChI is InChI=1S/C25H17Cl2NO6/c26-15-6-11-18(19(27)12-15)22-21(23(31)14-4-2-1-3-5-14)24(32)25(33)28(22)16-7-9-17(10-8-16)34-13-20(29)30/h1-12,22,31H,13H2,(H,29,30)/b23-21-. The third-order valence-corrected chi connectivity index (χ3v) is 5.79. The number of halogens is 2. The Kier molecular flexibility index (Phi) is 6.58. The minimum absolute atomic E-state index is 0.119. The van der Waals surface area contributed by atoms with E-state index in [4.69, 9.17) is 33.0 Å². The van der Waals surface area contributed by atoms with Crippen LogP contribution in [0.5, 0.6) is 5.75 Å². The molecular weight excluding hydrogens is 481 g/mol. The number of aliphatic hydroxyl groups excluding tert-OH is 1. The first-order valence-electron chi connectivity index (χ1n) is 10.0. The molecular formula is C25H17Cl2NO6. The minimum Gasteiger partial charge on any atom is -0.507 e. The Bertz CT molecular complexity index is 1300. The third kappa shape index (κ3) is 4.48. The van der Waals surface area contributed by atoms with Crippen molar-refractivity contribution in [2.45, 2.75) is 6.04 Å². The van der Waals surface area contributed by atoms with Gasteiger partial charge in [-0.15, -0.1) is 0 Å². The van der Waals surface area contributed by atoms with Crippen molar-refractivity contribution in [3.63, 3.8) is 0 Å². The first-order valence-corrected chi connectivity index (χ1v) is 10.8. The Morgan fingerprint density at radius 2 is 1.62 bits per heavy atom. The number of aliphatic carboxylic acids is 1. The summed E-state index contributed by atoms with van der Waals surface area (Å²) in [5, 5.41) is 20.4. The number of anilines is 1. The number of hydrogen-bond donors (Lipinski definition) is 2. The van der Waals surface area contributed by atoms with Gasteiger partial charge in [0.25, 0.3) is 11.7 Å². The number of ether oxygens (including phenoxy) is 1. The first-order chi connectivity index (χ1) is 16.3. The van der Waals surface area contributed by atoms with Crippen molar-refractivity contribution in [2.75, 3.05) is 11.5 Å². The normalized spacial score (nSPS) is 17.1. The topological polar surface area (TPSA) is 104 Å². The van der Waals surface area contributed by atoms with Crippen LogP contribution in [0.4, 0.5) is 5.69 Å². The van der Waals surface area contributed by atoms with Gasteiger partial charge >= 0.3 is 5.97 Å². The fourth-order valence-corrected chi connectivity index (χ4v) is 4.23. The quantitative estimate of drug-likeness (QED) is 0.279. The summed E-state index contributed by atoms with van der Waals surface area (Å²) in [5.41, 5.74) is 0.974. The number of rotatable bonds is 6. The Morgan fingerprint density at radius 3 is 2.24 bits per heavy atom. The number of ketones is 1. The molecule has 1 fully saturated rings. The van der Waals surface area contributed by atoms with E-state index in [1.165, 1.54) is 35.2 Å². The second-order valence-electron chi connectivity index (χ2n) is 7.38. The van der Waals surface area contributed by atoms with E-state index in [2.05, 4.69) is 0 Å². The van der Waals surface area contributed by atoms with Crippen LogP contribution in [0, 0.1) is 0 Å². The number of Topliss-reactive ketones (excluding diaryl/α,β-unsaturated/α-hetero) is 1. The highest BCUT2D eigenvalue weighted by Gasteiger charge is 2.47. The van der Waals surface area contributed by atoms with Crippen LogP contribution in [-0.2, 0) is 14.4 Å². The van der Waals surface area contributed by atoms with Crippen LogP contribution < -0.4 is 9.64 Å². The van der Waals surface area contributed by atoms with E-state index in [0.717, 1.165) is 0 Å². The second kappa shape index (κ2) is 9.59. The second-order valence-corrected chi connectivity index (χ2v) is 8.22. The number of hydrogen-bond acceptors (Lipinski definition) is 5.